The van der Waals surface area contributed by atoms with Crippen LogP contribution in [0.1, 0.15) is 20.3 Å². The lowest BCUT2D eigenvalue weighted by Gasteiger charge is -2.37. The number of hydrogen-bond donors (Lipinski definition) is 2. The number of ketones is 1. The van der Waals surface area contributed by atoms with E-state index >= 15 is 0 Å². The van der Waals surface area contributed by atoms with Crippen LogP contribution < -0.4 is 4.90 Å². The second-order valence-corrected chi connectivity index (χ2v) is 4.18. The zero-order chi connectivity index (χ0) is 9.35. The summed E-state index contributed by atoms with van der Waals surface area (Å²) in [6, 6.07) is 0. The van der Waals surface area contributed by atoms with Gasteiger partial charge in [-0.25, -0.2) is 0 Å². The number of carbonyl (C=O) groups excluding carboxylic acids is 1. The molecule has 0 aromatic rings. The van der Waals surface area contributed by atoms with Crippen LogP contribution in [0.3, 0.4) is 0 Å². The molecule has 0 saturated carbocycles. The first kappa shape index (κ1) is 9.68. The number of nitrogens with one attached hydrogen (secondary N) is 1. The summed E-state index contributed by atoms with van der Waals surface area (Å²) in [5, 5.41) is 9.89. The zero-order valence-electron chi connectivity index (χ0n) is 8.05. The summed E-state index contributed by atoms with van der Waals surface area (Å²) in [7, 11) is 2.06. The fourth-order valence-electron chi connectivity index (χ4n) is 1.89. The highest BCUT2D eigenvalue weighted by atomic mass is 16.3. The van der Waals surface area contributed by atoms with E-state index in [0.29, 0.717) is 0 Å². The predicted octanol–water partition coefficient (Wildman–Crippen LogP) is -1.14. The molecule has 70 valence electrons. The second-order valence-electron chi connectivity index (χ2n) is 4.18. The molecule has 3 atom stereocenters. The highest BCUT2D eigenvalue weighted by Gasteiger charge is 2.41. The molecule has 0 aromatic heterocycles. The molecule has 1 aliphatic heterocycles. The van der Waals surface area contributed by atoms with Crippen molar-refractivity contribution in [2.45, 2.75) is 25.9 Å². The van der Waals surface area contributed by atoms with Crippen molar-refractivity contribution in [1.82, 2.24) is 0 Å². The van der Waals surface area contributed by atoms with E-state index in [1.165, 1.54) is 4.90 Å². The van der Waals surface area contributed by atoms with E-state index in [4.69, 9.17) is 0 Å². The van der Waals surface area contributed by atoms with Crippen LogP contribution in [-0.2, 0) is 4.79 Å². The second kappa shape index (κ2) is 3.15. The maximum atomic E-state index is 11.2. The van der Waals surface area contributed by atoms with Gasteiger partial charge in [-0.1, -0.05) is 0 Å². The van der Waals surface area contributed by atoms with Crippen molar-refractivity contribution in [3.8, 4) is 0 Å². The van der Waals surface area contributed by atoms with E-state index in [1.807, 2.05) is 0 Å². The van der Waals surface area contributed by atoms with E-state index in [1.54, 1.807) is 13.8 Å². The molecule has 1 fully saturated rings. The van der Waals surface area contributed by atoms with Crippen LogP contribution in [-0.4, -0.2) is 36.6 Å². The molecule has 3 nitrogen and oxygen atoms in total. The summed E-state index contributed by atoms with van der Waals surface area (Å²) in [6.07, 6.45) is 0.725. The summed E-state index contributed by atoms with van der Waals surface area (Å²) >= 11 is 0. The van der Waals surface area contributed by atoms with Crippen LogP contribution >= 0.6 is 0 Å². The van der Waals surface area contributed by atoms with Crippen LogP contribution in [0.2, 0.25) is 0 Å². The number of hydrogen-bond acceptors (Lipinski definition) is 2. The van der Waals surface area contributed by atoms with Gasteiger partial charge in [0.2, 0.25) is 0 Å². The molecule has 0 aliphatic carbocycles. The Morgan fingerprint density at radius 3 is 2.67 bits per heavy atom. The smallest absolute Gasteiger partial charge is 0.141 e. The van der Waals surface area contributed by atoms with Gasteiger partial charge in [-0.3, -0.25) is 4.79 Å². The lowest BCUT2D eigenvalue weighted by atomic mass is 9.80. The normalized spacial score (nSPS) is 42.7. The van der Waals surface area contributed by atoms with Gasteiger partial charge in [-0.2, -0.15) is 0 Å². The van der Waals surface area contributed by atoms with Gasteiger partial charge >= 0.3 is 0 Å². The van der Waals surface area contributed by atoms with Crippen molar-refractivity contribution < 1.29 is 14.8 Å². The van der Waals surface area contributed by atoms with E-state index in [0.717, 1.165) is 19.5 Å². The Morgan fingerprint density at radius 1 is 1.67 bits per heavy atom. The van der Waals surface area contributed by atoms with Gasteiger partial charge in [-0.05, 0) is 13.8 Å². The Bertz CT molecular complexity index is 189. The molecule has 0 bridgehead atoms. The highest BCUT2D eigenvalue weighted by molar-refractivity contribution is 5.79. The van der Waals surface area contributed by atoms with Gasteiger partial charge in [0.1, 0.15) is 5.78 Å². The summed E-state index contributed by atoms with van der Waals surface area (Å²) in [4.78, 5) is 12.5. The minimum atomic E-state index is -0.772. The van der Waals surface area contributed by atoms with E-state index in [9.17, 15) is 9.90 Å². The first-order chi connectivity index (χ1) is 5.43. The molecule has 1 unspecified atom stereocenters. The Hall–Kier alpha value is -0.410. The van der Waals surface area contributed by atoms with Crippen molar-refractivity contribution in [2.24, 2.45) is 5.92 Å². The number of carbonyl (C=O) groups is 1. The van der Waals surface area contributed by atoms with E-state index in [-0.39, 0.29) is 11.7 Å². The maximum Gasteiger partial charge on any atom is 0.141 e. The molecule has 1 heterocycles. The lowest BCUT2D eigenvalue weighted by molar-refractivity contribution is -0.890. The van der Waals surface area contributed by atoms with Gasteiger partial charge in [0.05, 0.1) is 31.7 Å². The number of Topliss-reactive ketones (excluding diaryl/α,β-unsaturated/α-hetero) is 1. The first-order valence-electron chi connectivity index (χ1n) is 4.47. The molecule has 1 rings (SSSR count). The van der Waals surface area contributed by atoms with Crippen molar-refractivity contribution >= 4 is 5.78 Å². The molecule has 0 amide bonds. The van der Waals surface area contributed by atoms with Crippen molar-refractivity contribution in [2.75, 3.05) is 20.1 Å². The minimum Gasteiger partial charge on any atom is -0.389 e. The first-order valence-corrected chi connectivity index (χ1v) is 4.47. The number of quaternary nitrogens is 1. The standard InChI is InChI=1S/C9H17NO2/c1-7(11)8-6-10(3)5-4-9(8,2)12/h8,12H,4-6H2,1-3H3/p+1/t8-,9+/m0/s1. The fraction of sp³-hybridized carbons (Fsp3) is 0.889. The summed E-state index contributed by atoms with van der Waals surface area (Å²) < 4.78 is 0. The highest BCUT2D eigenvalue weighted by Crippen LogP contribution is 2.22. The van der Waals surface area contributed by atoms with E-state index in [2.05, 4.69) is 7.05 Å². The van der Waals surface area contributed by atoms with Crippen molar-refractivity contribution in [3.05, 3.63) is 0 Å². The molecular weight excluding hydrogens is 154 g/mol. The molecular formula is C9H18NO2+. The topological polar surface area (TPSA) is 41.7 Å². The molecule has 3 heteroatoms. The van der Waals surface area contributed by atoms with Crippen LogP contribution in [0, 0.1) is 5.92 Å². The summed E-state index contributed by atoms with van der Waals surface area (Å²) in [5.74, 6) is -0.0645. The Kier molecular flexibility index (Phi) is 2.54. The SMILES string of the molecule is CC(=O)[C@@H]1C[NH+](C)CC[C@@]1(C)O. The van der Waals surface area contributed by atoms with Crippen LogP contribution in [0.25, 0.3) is 0 Å². The van der Waals surface area contributed by atoms with Gasteiger partial charge in [0.15, 0.2) is 0 Å². The lowest BCUT2D eigenvalue weighted by Crippen LogP contribution is -3.12. The monoisotopic (exact) mass is 172 g/mol. The number of likely N-dealkylation sites (tertiary alicyclic amines) is 1. The Labute approximate surface area is 73.4 Å². The Balaban J connectivity index is 2.72. The number of aliphatic hydroxyl groups is 1. The number of piperidine rings is 1. The average Bonchev–Trinajstić information content (AvgIpc) is 1.94. The molecule has 12 heavy (non-hydrogen) atoms. The van der Waals surface area contributed by atoms with Gasteiger partial charge in [0, 0.05) is 6.42 Å². The van der Waals surface area contributed by atoms with Crippen molar-refractivity contribution in [1.29, 1.82) is 0 Å². The molecule has 1 saturated heterocycles. The minimum absolute atomic E-state index is 0.110. The van der Waals surface area contributed by atoms with Crippen molar-refractivity contribution in [3.63, 3.8) is 0 Å². The Morgan fingerprint density at radius 2 is 2.25 bits per heavy atom. The average molecular weight is 172 g/mol. The molecule has 1 aliphatic rings. The van der Waals surface area contributed by atoms with Gasteiger partial charge in [-0.15, -0.1) is 0 Å². The fourth-order valence-corrected chi connectivity index (χ4v) is 1.89. The summed E-state index contributed by atoms with van der Waals surface area (Å²) in [5.41, 5.74) is -0.772. The largest absolute Gasteiger partial charge is 0.389 e. The van der Waals surface area contributed by atoms with Gasteiger partial charge in [0.25, 0.3) is 0 Å². The molecule has 0 spiro atoms. The third-order valence-electron chi connectivity index (χ3n) is 2.85. The summed E-state index contributed by atoms with van der Waals surface area (Å²) in [6.45, 7) is 5.06. The zero-order valence-corrected chi connectivity index (χ0v) is 8.05. The third-order valence-corrected chi connectivity index (χ3v) is 2.85. The predicted molar refractivity (Wildman–Crippen MR) is 46.0 cm³/mol. The molecule has 2 N–H and O–H groups in total. The number of rotatable bonds is 1. The van der Waals surface area contributed by atoms with E-state index < -0.39 is 5.60 Å². The van der Waals surface area contributed by atoms with Gasteiger partial charge < -0.3 is 10.0 Å². The quantitative estimate of drug-likeness (QED) is 0.525. The van der Waals surface area contributed by atoms with Crippen LogP contribution in [0.5, 0.6) is 0 Å². The van der Waals surface area contributed by atoms with Crippen LogP contribution in [0.4, 0.5) is 0 Å². The molecule has 0 aromatic carbocycles. The van der Waals surface area contributed by atoms with Crippen LogP contribution in [0.15, 0.2) is 0 Å². The maximum absolute atomic E-state index is 11.2. The molecule has 0 radical (unpaired) electrons. The third kappa shape index (κ3) is 1.84.